The molecular weight excluding hydrogens is 569 g/mol. The van der Waals surface area contributed by atoms with Gasteiger partial charge < -0.3 is 0 Å². The Balaban J connectivity index is 1.23. The Bertz CT molecular complexity index is 1960. The number of rotatable bonds is 5. The fourth-order valence-corrected chi connectivity index (χ4v) is 9.43. The van der Waals surface area contributed by atoms with E-state index in [-0.39, 0.29) is 6.17 Å². The number of nitrogens with one attached hydrogen (secondary N) is 1. The van der Waals surface area contributed by atoms with E-state index in [0.29, 0.717) is 35.9 Å². The third-order valence-electron chi connectivity index (χ3n) is 11.6. The van der Waals surface area contributed by atoms with Crippen LogP contribution in [0.4, 0.5) is 0 Å². The van der Waals surface area contributed by atoms with Gasteiger partial charge in [0.2, 0.25) is 0 Å². The molecule has 2 heteroatoms. The van der Waals surface area contributed by atoms with Crippen LogP contribution in [0.2, 0.25) is 0 Å². The second kappa shape index (κ2) is 12.4. The summed E-state index contributed by atoms with van der Waals surface area (Å²) in [5.41, 5.74) is 9.03. The maximum Gasteiger partial charge on any atom is 0.0876 e. The van der Waals surface area contributed by atoms with Crippen LogP contribution in [0.5, 0.6) is 0 Å². The third kappa shape index (κ3) is 5.19. The van der Waals surface area contributed by atoms with Gasteiger partial charge in [0.05, 0.1) is 6.17 Å². The first-order valence-corrected chi connectivity index (χ1v) is 17.9. The van der Waals surface area contributed by atoms with Gasteiger partial charge in [-0.15, -0.1) is 0 Å². The van der Waals surface area contributed by atoms with Crippen molar-refractivity contribution in [2.45, 2.75) is 62.8 Å². The van der Waals surface area contributed by atoms with Gasteiger partial charge in [-0.2, -0.15) is 0 Å². The Hall–Kier alpha value is -4.24. The average Bonchev–Trinajstić information content (AvgIpc) is 3.54. The summed E-state index contributed by atoms with van der Waals surface area (Å²) < 4.78 is 0. The lowest BCUT2D eigenvalue weighted by Gasteiger charge is -2.38. The zero-order valence-electron chi connectivity index (χ0n) is 27.1. The monoisotopic (exact) mass is 612 g/mol. The largest absolute Gasteiger partial charge is 0.290 e. The highest BCUT2D eigenvalue weighted by Gasteiger charge is 2.43. The minimum atomic E-state index is 0.144. The standard InChI is InChI=1S/C45H44N2/c1-4-14-31(15-5-1)32-24-26-34(27-25-32)43-37-20-10-11-21-38(37)44(33-16-6-2-7-17-33)40-30-35(28-29-39(40)43)45-46-41-22-12-13-23-42(41)47(45)36-18-8-3-9-19-36/h1-14,16-18,22-24,26,28-31,36-38,41-42,45-46H,15,19-21,25,27H2. The summed E-state index contributed by atoms with van der Waals surface area (Å²) in [6.45, 7) is 0. The Morgan fingerprint density at radius 2 is 1.40 bits per heavy atom. The number of nitrogens with zero attached hydrogens (tertiary/aromatic N) is 1. The van der Waals surface area contributed by atoms with E-state index < -0.39 is 0 Å². The molecular formula is C45H44N2. The molecule has 0 bridgehead atoms. The van der Waals surface area contributed by atoms with Crippen molar-refractivity contribution in [3.05, 3.63) is 178 Å². The van der Waals surface area contributed by atoms with Crippen molar-refractivity contribution in [2.75, 3.05) is 0 Å². The molecule has 7 aliphatic rings. The molecule has 7 unspecified atom stereocenters. The van der Waals surface area contributed by atoms with Gasteiger partial charge in [0.15, 0.2) is 0 Å². The Morgan fingerprint density at radius 3 is 2.17 bits per heavy atom. The van der Waals surface area contributed by atoms with Gasteiger partial charge in [0, 0.05) is 24.0 Å². The molecule has 0 saturated carbocycles. The predicted octanol–water partition coefficient (Wildman–Crippen LogP) is 8.06. The molecule has 9 rings (SSSR count). The van der Waals surface area contributed by atoms with E-state index in [1.54, 1.807) is 16.7 Å². The molecule has 2 aromatic carbocycles. The van der Waals surface area contributed by atoms with Gasteiger partial charge in [-0.1, -0.05) is 145 Å². The highest BCUT2D eigenvalue weighted by atomic mass is 15.4. The van der Waals surface area contributed by atoms with Gasteiger partial charge >= 0.3 is 0 Å². The topological polar surface area (TPSA) is 15.3 Å². The van der Waals surface area contributed by atoms with Crippen LogP contribution in [0.3, 0.4) is 0 Å². The molecule has 0 amide bonds. The summed E-state index contributed by atoms with van der Waals surface area (Å²) in [6.07, 6.45) is 44.1. The molecule has 2 nitrogen and oxygen atoms in total. The molecule has 1 N–H and O–H groups in total. The highest BCUT2D eigenvalue weighted by molar-refractivity contribution is 5.79. The fourth-order valence-electron chi connectivity index (χ4n) is 9.43. The van der Waals surface area contributed by atoms with Crippen molar-refractivity contribution in [1.82, 2.24) is 10.2 Å². The van der Waals surface area contributed by atoms with Crippen molar-refractivity contribution in [3.8, 4) is 0 Å². The summed E-state index contributed by atoms with van der Waals surface area (Å²) in [5.74, 6) is 1.54. The second-order valence-corrected chi connectivity index (χ2v) is 14.2. The van der Waals surface area contributed by atoms with Crippen LogP contribution >= 0.6 is 0 Å². The van der Waals surface area contributed by atoms with E-state index in [1.165, 1.54) is 27.1 Å². The van der Waals surface area contributed by atoms with Gasteiger partial charge in [-0.3, -0.25) is 10.2 Å². The Kier molecular flexibility index (Phi) is 7.64. The number of benzene rings is 2. The molecule has 0 radical (unpaired) electrons. The molecule has 0 spiro atoms. The van der Waals surface area contributed by atoms with Crippen molar-refractivity contribution >= 4 is 11.1 Å². The van der Waals surface area contributed by atoms with Gasteiger partial charge in [-0.05, 0) is 94.7 Å². The molecule has 2 aromatic rings. The van der Waals surface area contributed by atoms with Gasteiger partial charge in [-0.25, -0.2) is 0 Å². The van der Waals surface area contributed by atoms with Crippen molar-refractivity contribution in [3.63, 3.8) is 0 Å². The zero-order chi connectivity index (χ0) is 31.2. The van der Waals surface area contributed by atoms with Gasteiger partial charge in [0.25, 0.3) is 0 Å². The van der Waals surface area contributed by atoms with Crippen LogP contribution in [0.1, 0.15) is 55.8 Å². The fraction of sp³-hybridized carbons (Fsp3) is 0.289. The smallest absolute Gasteiger partial charge is 0.0876 e. The number of fused-ring (bicyclic) bond motifs is 3. The maximum absolute atomic E-state index is 4.06. The molecule has 1 aliphatic heterocycles. The SMILES string of the molecule is C1=CCC(C2=CC=C(C3=c4ccc(C5NC6C=CC=CC6N5C5C=CC=CC5)cc4=C(c4ccccc4)C4CC=CCC34)CC2)C=C1. The average molecular weight is 613 g/mol. The third-order valence-corrected chi connectivity index (χ3v) is 11.6. The first-order valence-electron chi connectivity index (χ1n) is 17.9. The van der Waals surface area contributed by atoms with Crippen LogP contribution in [0.25, 0.3) is 11.1 Å². The first kappa shape index (κ1) is 28.9. The first-order chi connectivity index (χ1) is 23.3. The predicted molar refractivity (Wildman–Crippen MR) is 195 cm³/mol. The minimum Gasteiger partial charge on any atom is -0.290 e. The quantitative estimate of drug-likeness (QED) is 0.344. The van der Waals surface area contributed by atoms with Crippen LogP contribution < -0.4 is 15.8 Å². The van der Waals surface area contributed by atoms with E-state index >= 15 is 0 Å². The van der Waals surface area contributed by atoms with Crippen LogP contribution in [-0.4, -0.2) is 23.0 Å². The number of hydrogen-bond donors (Lipinski definition) is 1. The van der Waals surface area contributed by atoms with Crippen molar-refractivity contribution < 1.29 is 0 Å². The van der Waals surface area contributed by atoms with E-state index in [2.05, 4.69) is 156 Å². The molecule has 234 valence electrons. The second-order valence-electron chi connectivity index (χ2n) is 14.2. The van der Waals surface area contributed by atoms with Gasteiger partial charge in [0.1, 0.15) is 0 Å². The van der Waals surface area contributed by atoms with E-state index in [9.17, 15) is 0 Å². The summed E-state index contributed by atoms with van der Waals surface area (Å²) >= 11 is 0. The van der Waals surface area contributed by atoms with E-state index in [4.69, 9.17) is 0 Å². The Labute approximate surface area is 279 Å². The van der Waals surface area contributed by atoms with Crippen LogP contribution in [0.15, 0.2) is 157 Å². The van der Waals surface area contributed by atoms with Crippen LogP contribution in [0, 0.1) is 17.8 Å². The van der Waals surface area contributed by atoms with Crippen LogP contribution in [-0.2, 0) is 0 Å². The minimum absolute atomic E-state index is 0.144. The van der Waals surface area contributed by atoms with Crippen molar-refractivity contribution in [1.29, 1.82) is 0 Å². The lowest BCUT2D eigenvalue weighted by Crippen LogP contribution is -2.44. The van der Waals surface area contributed by atoms with E-state index in [0.717, 1.165) is 38.5 Å². The molecule has 1 fully saturated rings. The molecule has 47 heavy (non-hydrogen) atoms. The lowest BCUT2D eigenvalue weighted by molar-refractivity contribution is 0.170. The molecule has 1 saturated heterocycles. The van der Waals surface area contributed by atoms with Crippen molar-refractivity contribution in [2.24, 2.45) is 17.8 Å². The summed E-state index contributed by atoms with van der Waals surface area (Å²) in [5, 5.41) is 6.95. The molecule has 7 atom stereocenters. The molecule has 6 aliphatic carbocycles. The normalized spacial score (nSPS) is 32.2. The Morgan fingerprint density at radius 1 is 0.617 bits per heavy atom. The summed E-state index contributed by atoms with van der Waals surface area (Å²) in [4.78, 5) is 2.72. The lowest BCUT2D eigenvalue weighted by atomic mass is 9.66. The maximum atomic E-state index is 4.06. The number of allylic oxidation sites excluding steroid dienone is 14. The zero-order valence-corrected chi connectivity index (χ0v) is 27.1. The molecule has 1 heterocycles. The summed E-state index contributed by atoms with van der Waals surface area (Å²) in [6, 6.07) is 19.8. The number of hydrogen-bond acceptors (Lipinski definition) is 2. The highest BCUT2D eigenvalue weighted by Crippen LogP contribution is 2.45. The summed E-state index contributed by atoms with van der Waals surface area (Å²) in [7, 11) is 0. The van der Waals surface area contributed by atoms with E-state index in [1.807, 2.05) is 0 Å². The molecule has 0 aromatic heterocycles.